The summed E-state index contributed by atoms with van der Waals surface area (Å²) in [7, 11) is 1.98. The van der Waals surface area contributed by atoms with E-state index in [2.05, 4.69) is 26.2 Å². The molecule has 1 fully saturated rings. The lowest BCUT2D eigenvalue weighted by atomic mass is 10.1. The molecular weight excluding hydrogens is 370 g/mol. The van der Waals surface area contributed by atoms with E-state index in [1.54, 1.807) is 11.3 Å². The fraction of sp³-hybridized carbons (Fsp3) is 0.429. The molecule has 0 unspecified atom stereocenters. The number of rotatable bonds is 3. The molecule has 1 N–H and O–H groups in total. The van der Waals surface area contributed by atoms with Crippen LogP contribution in [0.1, 0.15) is 23.3 Å². The molecule has 4 nitrogen and oxygen atoms in total. The fourth-order valence-corrected chi connectivity index (χ4v) is 4.75. The van der Waals surface area contributed by atoms with Crippen LogP contribution in [0.4, 0.5) is 0 Å². The molecule has 1 aliphatic rings. The summed E-state index contributed by atoms with van der Waals surface area (Å²) in [5.74, 6) is 0.0580. The molecular formula is C14H16BrN3OS2. The van der Waals surface area contributed by atoms with Gasteiger partial charge in [0.1, 0.15) is 10.7 Å². The summed E-state index contributed by atoms with van der Waals surface area (Å²) in [6.07, 6.45) is 2.02. The maximum absolute atomic E-state index is 12.5. The van der Waals surface area contributed by atoms with Crippen molar-refractivity contribution in [2.45, 2.75) is 18.9 Å². The molecule has 1 amide bonds. The van der Waals surface area contributed by atoms with Gasteiger partial charge in [0.2, 0.25) is 0 Å². The van der Waals surface area contributed by atoms with Crippen LogP contribution in [0.25, 0.3) is 9.88 Å². The first-order valence-electron chi connectivity index (χ1n) is 6.84. The molecule has 1 aliphatic heterocycles. The Balaban J connectivity index is 1.70. The van der Waals surface area contributed by atoms with Crippen molar-refractivity contribution in [3.8, 4) is 9.88 Å². The number of carbonyl (C=O) groups is 1. The summed E-state index contributed by atoms with van der Waals surface area (Å²) in [5, 5.41) is 8.09. The SMILES string of the molecule is CNC1CCN(C(=O)c2csc(-c3cc(Br)cs3)n2)CC1. The van der Waals surface area contributed by atoms with Gasteiger partial charge in [-0.3, -0.25) is 4.79 Å². The molecule has 2 aromatic heterocycles. The highest BCUT2D eigenvalue weighted by atomic mass is 79.9. The van der Waals surface area contributed by atoms with Gasteiger partial charge in [0.15, 0.2) is 0 Å². The number of nitrogens with zero attached hydrogens (tertiary/aromatic N) is 2. The zero-order valence-electron chi connectivity index (χ0n) is 11.6. The predicted octanol–water partition coefficient (Wildman–Crippen LogP) is 3.46. The number of aromatic nitrogens is 1. The number of thiazole rings is 1. The lowest BCUT2D eigenvalue weighted by Gasteiger charge is -2.31. The molecule has 21 heavy (non-hydrogen) atoms. The second kappa shape index (κ2) is 6.56. The Bertz CT molecular complexity index is 632. The summed E-state index contributed by atoms with van der Waals surface area (Å²) in [6.45, 7) is 1.61. The van der Waals surface area contributed by atoms with Crippen LogP contribution in [0, 0.1) is 0 Å². The van der Waals surface area contributed by atoms with Gasteiger partial charge in [0.05, 0.1) is 4.88 Å². The predicted molar refractivity (Wildman–Crippen MR) is 91.1 cm³/mol. The van der Waals surface area contributed by atoms with Crippen LogP contribution in [-0.4, -0.2) is 42.0 Å². The topological polar surface area (TPSA) is 45.2 Å². The van der Waals surface area contributed by atoms with E-state index >= 15 is 0 Å². The van der Waals surface area contributed by atoms with E-state index in [-0.39, 0.29) is 5.91 Å². The summed E-state index contributed by atoms with van der Waals surface area (Å²) >= 11 is 6.61. The largest absolute Gasteiger partial charge is 0.337 e. The molecule has 0 aromatic carbocycles. The number of amides is 1. The van der Waals surface area contributed by atoms with E-state index in [4.69, 9.17) is 0 Å². The second-order valence-electron chi connectivity index (χ2n) is 5.02. The normalized spacial score (nSPS) is 16.4. The van der Waals surface area contributed by atoms with Crippen LogP contribution in [0.2, 0.25) is 0 Å². The average Bonchev–Trinajstić information content (AvgIpc) is 3.15. The highest BCUT2D eigenvalue weighted by Gasteiger charge is 2.24. The van der Waals surface area contributed by atoms with E-state index in [0.29, 0.717) is 11.7 Å². The second-order valence-corrected chi connectivity index (χ2v) is 7.71. The van der Waals surface area contributed by atoms with Gasteiger partial charge in [0, 0.05) is 34.4 Å². The minimum Gasteiger partial charge on any atom is -0.337 e. The van der Waals surface area contributed by atoms with Crippen molar-refractivity contribution in [1.29, 1.82) is 0 Å². The van der Waals surface area contributed by atoms with E-state index < -0.39 is 0 Å². The van der Waals surface area contributed by atoms with Crippen molar-refractivity contribution in [2.75, 3.05) is 20.1 Å². The standard InChI is InChI=1S/C14H16BrN3OS2/c1-16-10-2-4-18(5-3-10)14(19)11-8-21-13(17-11)12-6-9(15)7-20-12/h6-8,10,16H,2-5H2,1H3. The molecule has 0 aliphatic carbocycles. The summed E-state index contributed by atoms with van der Waals surface area (Å²) < 4.78 is 1.06. The number of hydrogen-bond donors (Lipinski definition) is 1. The first-order chi connectivity index (χ1) is 10.2. The number of piperidine rings is 1. The molecule has 0 saturated carbocycles. The highest BCUT2D eigenvalue weighted by Crippen LogP contribution is 2.32. The Kier molecular flexibility index (Phi) is 4.73. The number of likely N-dealkylation sites (tertiary alicyclic amines) is 1. The molecule has 2 aromatic rings. The molecule has 1 saturated heterocycles. The number of carbonyl (C=O) groups excluding carboxylic acids is 1. The first-order valence-corrected chi connectivity index (χ1v) is 9.39. The Morgan fingerprint density at radius 3 is 2.76 bits per heavy atom. The van der Waals surface area contributed by atoms with Crippen molar-refractivity contribution in [1.82, 2.24) is 15.2 Å². The monoisotopic (exact) mass is 385 g/mol. The average molecular weight is 386 g/mol. The smallest absolute Gasteiger partial charge is 0.273 e. The molecule has 0 atom stereocenters. The molecule has 3 rings (SSSR count). The Morgan fingerprint density at radius 2 is 2.14 bits per heavy atom. The van der Waals surface area contributed by atoms with E-state index in [1.807, 2.05) is 28.8 Å². The Labute approximate surface area is 140 Å². The molecule has 112 valence electrons. The van der Waals surface area contributed by atoms with Crippen LogP contribution in [0.5, 0.6) is 0 Å². The van der Waals surface area contributed by atoms with Crippen molar-refractivity contribution >= 4 is 44.5 Å². The number of nitrogens with one attached hydrogen (secondary N) is 1. The van der Waals surface area contributed by atoms with Gasteiger partial charge >= 0.3 is 0 Å². The number of hydrogen-bond acceptors (Lipinski definition) is 5. The molecule has 7 heteroatoms. The quantitative estimate of drug-likeness (QED) is 0.879. The van der Waals surface area contributed by atoms with Crippen molar-refractivity contribution in [3.05, 3.63) is 27.0 Å². The van der Waals surface area contributed by atoms with Crippen LogP contribution in [-0.2, 0) is 0 Å². The molecule has 0 spiro atoms. The minimum absolute atomic E-state index is 0.0580. The zero-order chi connectivity index (χ0) is 14.8. The zero-order valence-corrected chi connectivity index (χ0v) is 14.9. The van der Waals surface area contributed by atoms with Crippen LogP contribution in [0.15, 0.2) is 21.3 Å². The third-order valence-corrected chi connectivity index (χ3v) is 6.39. The maximum atomic E-state index is 12.5. The first kappa shape index (κ1) is 15.1. The highest BCUT2D eigenvalue weighted by molar-refractivity contribution is 9.10. The number of halogens is 1. The third kappa shape index (κ3) is 3.36. The van der Waals surface area contributed by atoms with Gasteiger partial charge < -0.3 is 10.2 Å². The van der Waals surface area contributed by atoms with Crippen LogP contribution < -0.4 is 5.32 Å². The molecule has 0 radical (unpaired) electrons. The van der Waals surface area contributed by atoms with E-state index in [0.717, 1.165) is 40.3 Å². The number of thiophene rings is 1. The van der Waals surface area contributed by atoms with Gasteiger partial charge in [-0.2, -0.15) is 0 Å². The van der Waals surface area contributed by atoms with Gasteiger partial charge in [-0.25, -0.2) is 4.98 Å². The van der Waals surface area contributed by atoms with Crippen LogP contribution in [0.3, 0.4) is 0 Å². The Hall–Kier alpha value is -0.760. The van der Waals surface area contributed by atoms with Crippen molar-refractivity contribution < 1.29 is 4.79 Å². The summed E-state index contributed by atoms with van der Waals surface area (Å²) in [4.78, 5) is 20.0. The third-order valence-electron chi connectivity index (χ3n) is 3.69. The minimum atomic E-state index is 0.0580. The van der Waals surface area contributed by atoms with Gasteiger partial charge in [0.25, 0.3) is 5.91 Å². The van der Waals surface area contributed by atoms with Gasteiger partial charge in [-0.1, -0.05) is 0 Å². The maximum Gasteiger partial charge on any atom is 0.273 e. The van der Waals surface area contributed by atoms with Gasteiger partial charge in [-0.15, -0.1) is 22.7 Å². The lowest BCUT2D eigenvalue weighted by molar-refractivity contribution is 0.0702. The van der Waals surface area contributed by atoms with Crippen LogP contribution >= 0.6 is 38.6 Å². The van der Waals surface area contributed by atoms with E-state index in [9.17, 15) is 4.79 Å². The lowest BCUT2D eigenvalue weighted by Crippen LogP contribution is -2.44. The van der Waals surface area contributed by atoms with E-state index in [1.165, 1.54) is 11.3 Å². The molecule has 3 heterocycles. The van der Waals surface area contributed by atoms with Crippen molar-refractivity contribution in [3.63, 3.8) is 0 Å². The van der Waals surface area contributed by atoms with Crippen molar-refractivity contribution in [2.24, 2.45) is 0 Å². The summed E-state index contributed by atoms with van der Waals surface area (Å²) in [5.41, 5.74) is 0.572. The summed E-state index contributed by atoms with van der Waals surface area (Å²) in [6, 6.07) is 2.57. The fourth-order valence-electron chi connectivity index (χ4n) is 2.44. The van der Waals surface area contributed by atoms with Gasteiger partial charge in [-0.05, 0) is 41.9 Å². The Morgan fingerprint density at radius 1 is 1.38 bits per heavy atom. The molecule has 0 bridgehead atoms.